The standard InChI is InChI=1S/C14H25N5/c1-3-18-5-4-16-14(18)10-12(15-2)13-11-17-6-8-19(13)9-7-17/h4-5,12-13,15H,3,6-11H2,1-2H3. The Balaban J connectivity index is 1.71. The summed E-state index contributed by atoms with van der Waals surface area (Å²) >= 11 is 0. The van der Waals surface area contributed by atoms with Crippen molar-refractivity contribution in [3.05, 3.63) is 18.2 Å². The largest absolute Gasteiger partial charge is 0.335 e. The van der Waals surface area contributed by atoms with Crippen LogP contribution in [0.4, 0.5) is 0 Å². The number of likely N-dealkylation sites (N-methyl/N-ethyl adjacent to an activating group) is 1. The second-order valence-electron chi connectivity index (χ2n) is 5.63. The molecular weight excluding hydrogens is 238 g/mol. The normalized spacial score (nSPS) is 31.6. The topological polar surface area (TPSA) is 36.3 Å². The van der Waals surface area contributed by atoms with Crippen molar-refractivity contribution in [1.29, 1.82) is 0 Å². The number of rotatable bonds is 5. The van der Waals surface area contributed by atoms with Crippen LogP contribution in [0.3, 0.4) is 0 Å². The average molecular weight is 263 g/mol. The summed E-state index contributed by atoms with van der Waals surface area (Å²) in [6.45, 7) is 9.34. The maximum absolute atomic E-state index is 4.52. The molecule has 0 amide bonds. The molecule has 1 aromatic rings. The van der Waals surface area contributed by atoms with Crippen LogP contribution in [0, 0.1) is 0 Å². The number of aryl methyl sites for hydroxylation is 1. The van der Waals surface area contributed by atoms with Crippen molar-refractivity contribution in [2.75, 3.05) is 39.8 Å². The molecule has 1 aromatic heterocycles. The van der Waals surface area contributed by atoms with E-state index in [0.717, 1.165) is 13.0 Å². The predicted molar refractivity (Wildman–Crippen MR) is 76.3 cm³/mol. The molecule has 106 valence electrons. The Morgan fingerprint density at radius 3 is 2.74 bits per heavy atom. The summed E-state index contributed by atoms with van der Waals surface area (Å²) in [5.41, 5.74) is 0. The second-order valence-corrected chi connectivity index (χ2v) is 5.63. The van der Waals surface area contributed by atoms with Crippen LogP contribution < -0.4 is 5.32 Å². The number of nitrogens with one attached hydrogen (secondary N) is 1. The van der Waals surface area contributed by atoms with E-state index < -0.39 is 0 Å². The van der Waals surface area contributed by atoms with Gasteiger partial charge in [-0.25, -0.2) is 4.98 Å². The zero-order valence-electron chi connectivity index (χ0n) is 12.0. The molecular formula is C14H25N5. The van der Waals surface area contributed by atoms with Gasteiger partial charge in [-0.3, -0.25) is 9.80 Å². The maximum atomic E-state index is 4.52. The highest BCUT2D eigenvalue weighted by Gasteiger charge is 2.36. The van der Waals surface area contributed by atoms with Gasteiger partial charge in [0.05, 0.1) is 0 Å². The number of fused-ring (bicyclic) bond motifs is 3. The lowest BCUT2D eigenvalue weighted by atomic mass is 9.97. The smallest absolute Gasteiger partial charge is 0.110 e. The van der Waals surface area contributed by atoms with Crippen molar-refractivity contribution >= 4 is 0 Å². The van der Waals surface area contributed by atoms with Crippen LogP contribution in [-0.2, 0) is 13.0 Å². The minimum Gasteiger partial charge on any atom is -0.335 e. The van der Waals surface area contributed by atoms with E-state index in [4.69, 9.17) is 0 Å². The molecule has 0 radical (unpaired) electrons. The van der Waals surface area contributed by atoms with Crippen molar-refractivity contribution in [3.63, 3.8) is 0 Å². The van der Waals surface area contributed by atoms with Crippen molar-refractivity contribution < 1.29 is 0 Å². The SMILES string of the molecule is CCn1ccnc1CC(NC)C1CN2CCN1CC2. The van der Waals surface area contributed by atoms with Gasteiger partial charge in [0, 0.05) is 70.2 Å². The molecule has 3 fully saturated rings. The number of nitrogens with zero attached hydrogens (tertiary/aromatic N) is 4. The van der Waals surface area contributed by atoms with E-state index in [0.29, 0.717) is 12.1 Å². The third-order valence-corrected chi connectivity index (χ3v) is 4.70. The Hall–Kier alpha value is -0.910. The lowest BCUT2D eigenvalue weighted by Crippen LogP contribution is -2.66. The van der Waals surface area contributed by atoms with Gasteiger partial charge in [-0.2, -0.15) is 0 Å². The van der Waals surface area contributed by atoms with E-state index in [-0.39, 0.29) is 0 Å². The van der Waals surface area contributed by atoms with Crippen LogP contribution >= 0.6 is 0 Å². The third-order valence-electron chi connectivity index (χ3n) is 4.70. The molecule has 3 aliphatic rings. The van der Waals surface area contributed by atoms with Gasteiger partial charge < -0.3 is 9.88 Å². The van der Waals surface area contributed by atoms with Gasteiger partial charge in [0.1, 0.15) is 5.82 Å². The van der Waals surface area contributed by atoms with Crippen LogP contribution in [0.2, 0.25) is 0 Å². The summed E-state index contributed by atoms with van der Waals surface area (Å²) in [6, 6.07) is 1.13. The van der Waals surface area contributed by atoms with E-state index in [1.54, 1.807) is 0 Å². The fourth-order valence-corrected chi connectivity index (χ4v) is 3.48. The van der Waals surface area contributed by atoms with E-state index >= 15 is 0 Å². The van der Waals surface area contributed by atoms with E-state index in [2.05, 4.69) is 44.8 Å². The van der Waals surface area contributed by atoms with Crippen molar-refractivity contribution in [1.82, 2.24) is 24.7 Å². The lowest BCUT2D eigenvalue weighted by Gasteiger charge is -2.50. The molecule has 1 N–H and O–H groups in total. The molecule has 4 rings (SSSR count). The highest BCUT2D eigenvalue weighted by Crippen LogP contribution is 2.20. The molecule has 0 aromatic carbocycles. The summed E-state index contributed by atoms with van der Waals surface area (Å²) in [6.07, 6.45) is 5.02. The Kier molecular flexibility index (Phi) is 3.86. The predicted octanol–water partition coefficient (Wildman–Crippen LogP) is 0.0333. The van der Waals surface area contributed by atoms with E-state index in [1.165, 1.54) is 38.5 Å². The summed E-state index contributed by atoms with van der Waals surface area (Å²) in [4.78, 5) is 9.77. The third kappa shape index (κ3) is 2.55. The van der Waals surface area contributed by atoms with Crippen LogP contribution in [-0.4, -0.2) is 71.2 Å². The molecule has 19 heavy (non-hydrogen) atoms. The highest BCUT2D eigenvalue weighted by atomic mass is 15.4. The first kappa shape index (κ1) is 13.1. The molecule has 2 bridgehead atoms. The first-order chi connectivity index (χ1) is 9.31. The quantitative estimate of drug-likeness (QED) is 0.813. The average Bonchev–Trinajstić information content (AvgIpc) is 2.93. The fourth-order valence-electron chi connectivity index (χ4n) is 3.48. The van der Waals surface area contributed by atoms with Gasteiger partial charge in [0.2, 0.25) is 0 Å². The Morgan fingerprint density at radius 2 is 2.16 bits per heavy atom. The van der Waals surface area contributed by atoms with Crippen molar-refractivity contribution in [2.24, 2.45) is 0 Å². The first-order valence-electron chi connectivity index (χ1n) is 7.45. The summed E-state index contributed by atoms with van der Waals surface area (Å²) in [5.74, 6) is 1.21. The maximum Gasteiger partial charge on any atom is 0.110 e. The van der Waals surface area contributed by atoms with Gasteiger partial charge in [-0.05, 0) is 14.0 Å². The molecule has 2 atom stereocenters. The monoisotopic (exact) mass is 263 g/mol. The first-order valence-corrected chi connectivity index (χ1v) is 7.45. The number of hydrogen-bond donors (Lipinski definition) is 1. The molecule has 3 aliphatic heterocycles. The van der Waals surface area contributed by atoms with Gasteiger partial charge in [-0.1, -0.05) is 0 Å². The molecule has 5 nitrogen and oxygen atoms in total. The molecule has 2 unspecified atom stereocenters. The molecule has 0 saturated carbocycles. The van der Waals surface area contributed by atoms with Crippen LogP contribution in [0.25, 0.3) is 0 Å². The number of imidazole rings is 1. The zero-order chi connectivity index (χ0) is 13.2. The van der Waals surface area contributed by atoms with Gasteiger partial charge in [0.25, 0.3) is 0 Å². The molecule has 4 heterocycles. The van der Waals surface area contributed by atoms with Crippen molar-refractivity contribution in [3.8, 4) is 0 Å². The van der Waals surface area contributed by atoms with Gasteiger partial charge in [-0.15, -0.1) is 0 Å². The molecule has 3 saturated heterocycles. The van der Waals surface area contributed by atoms with Crippen LogP contribution in [0.1, 0.15) is 12.7 Å². The summed E-state index contributed by atoms with van der Waals surface area (Å²) in [5, 5.41) is 3.52. The number of aromatic nitrogens is 2. The van der Waals surface area contributed by atoms with E-state index in [1.807, 2.05) is 6.20 Å². The van der Waals surface area contributed by atoms with Gasteiger partial charge in [0.15, 0.2) is 0 Å². The van der Waals surface area contributed by atoms with Crippen LogP contribution in [0.5, 0.6) is 0 Å². The van der Waals surface area contributed by atoms with Gasteiger partial charge >= 0.3 is 0 Å². The summed E-state index contributed by atoms with van der Waals surface area (Å²) in [7, 11) is 2.09. The zero-order valence-corrected chi connectivity index (χ0v) is 12.0. The second kappa shape index (κ2) is 5.61. The Morgan fingerprint density at radius 1 is 1.37 bits per heavy atom. The lowest BCUT2D eigenvalue weighted by molar-refractivity contribution is -0.00238. The number of hydrogen-bond acceptors (Lipinski definition) is 4. The molecule has 5 heteroatoms. The van der Waals surface area contributed by atoms with E-state index in [9.17, 15) is 0 Å². The Labute approximate surface area is 115 Å². The minimum absolute atomic E-state index is 0.496. The molecule has 0 spiro atoms. The fraction of sp³-hybridized carbons (Fsp3) is 0.786. The number of piperazine rings is 3. The summed E-state index contributed by atoms with van der Waals surface area (Å²) < 4.78 is 2.25. The molecule has 0 aliphatic carbocycles. The highest BCUT2D eigenvalue weighted by molar-refractivity contribution is 5.01. The minimum atomic E-state index is 0.496. The Bertz CT molecular complexity index is 408. The van der Waals surface area contributed by atoms with Crippen molar-refractivity contribution in [2.45, 2.75) is 32.0 Å². The van der Waals surface area contributed by atoms with Crippen LogP contribution in [0.15, 0.2) is 12.4 Å².